The van der Waals surface area contributed by atoms with E-state index in [9.17, 15) is 4.39 Å². The van der Waals surface area contributed by atoms with E-state index in [4.69, 9.17) is 4.74 Å². The van der Waals surface area contributed by atoms with Gasteiger partial charge >= 0.3 is 0 Å². The van der Waals surface area contributed by atoms with Gasteiger partial charge in [-0.3, -0.25) is 0 Å². The number of rotatable bonds is 6. The molecule has 2 fully saturated rings. The molecule has 1 nitrogen and oxygen atoms in total. The van der Waals surface area contributed by atoms with Crippen molar-refractivity contribution >= 4 is 0 Å². The molecular formula is C27H33FO. The van der Waals surface area contributed by atoms with Crippen molar-refractivity contribution in [2.45, 2.75) is 57.3 Å². The maximum atomic E-state index is 14.9. The lowest BCUT2D eigenvalue weighted by Gasteiger charge is -2.42. The lowest BCUT2D eigenvalue weighted by Crippen LogP contribution is -2.30. The Balaban J connectivity index is 1.42. The van der Waals surface area contributed by atoms with E-state index in [1.54, 1.807) is 13.2 Å². The summed E-state index contributed by atoms with van der Waals surface area (Å²) >= 11 is 0. The average Bonchev–Trinajstić information content (AvgIpc) is 2.77. The Hall–Kier alpha value is -2.09. The van der Waals surface area contributed by atoms with E-state index in [-0.39, 0.29) is 5.82 Å². The Morgan fingerprint density at radius 3 is 2.48 bits per heavy atom. The first-order valence-electron chi connectivity index (χ1n) is 11.2. The molecule has 4 unspecified atom stereocenters. The fraction of sp³-hybridized carbons (Fsp3) is 0.481. The van der Waals surface area contributed by atoms with E-state index in [0.717, 1.165) is 35.5 Å². The van der Waals surface area contributed by atoms with Crippen LogP contribution in [0.25, 0.3) is 11.1 Å². The first-order chi connectivity index (χ1) is 14.2. The molecule has 0 amide bonds. The van der Waals surface area contributed by atoms with Gasteiger partial charge in [0.2, 0.25) is 0 Å². The van der Waals surface area contributed by atoms with Crippen molar-refractivity contribution in [1.29, 1.82) is 0 Å². The highest BCUT2D eigenvalue weighted by molar-refractivity contribution is 5.65. The molecule has 2 aliphatic carbocycles. The predicted octanol–water partition coefficient (Wildman–Crippen LogP) is 7.77. The van der Waals surface area contributed by atoms with Gasteiger partial charge in [-0.25, -0.2) is 4.39 Å². The van der Waals surface area contributed by atoms with Crippen LogP contribution in [0.5, 0.6) is 5.75 Å². The second-order valence-corrected chi connectivity index (χ2v) is 9.04. The fourth-order valence-corrected chi connectivity index (χ4v) is 5.69. The SMILES string of the molecule is C=CCCC1CCC2CC(c3ccc(-c4ccc(OC)cc4)c(F)c3)CCC2C1. The van der Waals surface area contributed by atoms with Crippen molar-refractivity contribution in [3.63, 3.8) is 0 Å². The standard InChI is InChI=1S/C27H33FO/c1-3-4-5-19-6-7-22-17-23(9-8-21(22)16-19)24-12-15-26(27(28)18-24)20-10-13-25(29-2)14-11-20/h3,10-15,18-19,21-23H,1,4-9,16-17H2,2H3. The molecule has 4 atom stereocenters. The molecule has 0 aromatic heterocycles. The summed E-state index contributed by atoms with van der Waals surface area (Å²) in [6, 6.07) is 13.5. The molecule has 2 heteroatoms. The van der Waals surface area contributed by atoms with Crippen LogP contribution in [0.15, 0.2) is 55.1 Å². The van der Waals surface area contributed by atoms with E-state index in [0.29, 0.717) is 11.5 Å². The Labute approximate surface area is 175 Å². The number of allylic oxidation sites excluding steroid dienone is 1. The van der Waals surface area contributed by atoms with Crippen molar-refractivity contribution in [3.8, 4) is 16.9 Å². The summed E-state index contributed by atoms with van der Waals surface area (Å²) in [5.41, 5.74) is 2.76. The Kier molecular flexibility index (Phi) is 6.37. The zero-order chi connectivity index (χ0) is 20.2. The predicted molar refractivity (Wildman–Crippen MR) is 119 cm³/mol. The van der Waals surface area contributed by atoms with Crippen LogP contribution in [0.4, 0.5) is 4.39 Å². The summed E-state index contributed by atoms with van der Waals surface area (Å²) in [7, 11) is 1.65. The monoisotopic (exact) mass is 392 g/mol. The minimum Gasteiger partial charge on any atom is -0.497 e. The van der Waals surface area contributed by atoms with Gasteiger partial charge in [0.15, 0.2) is 0 Å². The molecule has 2 aromatic carbocycles. The molecule has 0 bridgehead atoms. The largest absolute Gasteiger partial charge is 0.497 e. The molecule has 154 valence electrons. The molecule has 0 radical (unpaired) electrons. The van der Waals surface area contributed by atoms with Crippen molar-refractivity contribution in [2.24, 2.45) is 17.8 Å². The van der Waals surface area contributed by atoms with Crippen LogP contribution in [-0.2, 0) is 0 Å². The normalized spacial score (nSPS) is 26.6. The van der Waals surface area contributed by atoms with E-state index in [1.165, 1.54) is 50.5 Å². The van der Waals surface area contributed by atoms with E-state index in [1.807, 2.05) is 30.3 Å². The Morgan fingerprint density at radius 1 is 1.00 bits per heavy atom. The first kappa shape index (κ1) is 20.2. The zero-order valence-corrected chi connectivity index (χ0v) is 17.6. The van der Waals surface area contributed by atoms with Crippen molar-refractivity contribution in [3.05, 3.63) is 66.5 Å². The molecule has 0 spiro atoms. The molecule has 0 saturated heterocycles. The number of benzene rings is 2. The highest BCUT2D eigenvalue weighted by Gasteiger charge is 2.35. The Morgan fingerprint density at radius 2 is 1.76 bits per heavy atom. The quantitative estimate of drug-likeness (QED) is 0.456. The van der Waals surface area contributed by atoms with Gasteiger partial charge in [0.1, 0.15) is 11.6 Å². The minimum atomic E-state index is -0.108. The summed E-state index contributed by atoms with van der Waals surface area (Å²) in [5, 5.41) is 0. The van der Waals surface area contributed by atoms with Crippen molar-refractivity contribution < 1.29 is 9.13 Å². The summed E-state index contributed by atoms with van der Waals surface area (Å²) in [6.07, 6.45) is 12.4. The zero-order valence-electron chi connectivity index (χ0n) is 17.6. The van der Waals surface area contributed by atoms with Crippen LogP contribution in [0.2, 0.25) is 0 Å². The molecule has 4 rings (SSSR count). The molecule has 0 heterocycles. The molecular weight excluding hydrogens is 359 g/mol. The summed E-state index contributed by atoms with van der Waals surface area (Å²) < 4.78 is 20.1. The fourth-order valence-electron chi connectivity index (χ4n) is 5.69. The van der Waals surface area contributed by atoms with Crippen LogP contribution in [-0.4, -0.2) is 7.11 Å². The average molecular weight is 393 g/mol. The van der Waals surface area contributed by atoms with Gasteiger partial charge < -0.3 is 4.74 Å². The van der Waals surface area contributed by atoms with Crippen LogP contribution in [0, 0.1) is 23.6 Å². The molecule has 2 aliphatic rings. The van der Waals surface area contributed by atoms with E-state index < -0.39 is 0 Å². The van der Waals surface area contributed by atoms with Crippen LogP contribution >= 0.6 is 0 Å². The van der Waals surface area contributed by atoms with Gasteiger partial charge in [-0.1, -0.05) is 36.8 Å². The number of ether oxygens (including phenoxy) is 1. The third kappa shape index (κ3) is 4.57. The number of halogens is 1. The Bertz CT molecular complexity index is 825. The molecule has 2 aromatic rings. The van der Waals surface area contributed by atoms with Gasteiger partial charge in [-0.15, -0.1) is 6.58 Å². The third-order valence-electron chi connectivity index (χ3n) is 7.37. The smallest absolute Gasteiger partial charge is 0.131 e. The lowest BCUT2D eigenvalue weighted by atomic mass is 9.63. The maximum Gasteiger partial charge on any atom is 0.131 e. The van der Waals surface area contributed by atoms with Crippen LogP contribution in [0.3, 0.4) is 0 Å². The third-order valence-corrected chi connectivity index (χ3v) is 7.37. The van der Waals surface area contributed by atoms with Crippen molar-refractivity contribution in [2.75, 3.05) is 7.11 Å². The van der Waals surface area contributed by atoms with Crippen LogP contribution < -0.4 is 4.74 Å². The number of methoxy groups -OCH3 is 1. The summed E-state index contributed by atoms with van der Waals surface area (Å²) in [5.74, 6) is 3.81. The highest BCUT2D eigenvalue weighted by atomic mass is 19.1. The lowest BCUT2D eigenvalue weighted by molar-refractivity contribution is 0.115. The number of hydrogen-bond donors (Lipinski definition) is 0. The second-order valence-electron chi connectivity index (χ2n) is 9.04. The van der Waals surface area contributed by atoms with Crippen LogP contribution in [0.1, 0.15) is 62.8 Å². The van der Waals surface area contributed by atoms with Gasteiger partial charge in [-0.05, 0) is 97.9 Å². The van der Waals surface area contributed by atoms with E-state index >= 15 is 0 Å². The maximum absolute atomic E-state index is 14.9. The van der Waals surface area contributed by atoms with Gasteiger partial charge in [0.25, 0.3) is 0 Å². The summed E-state index contributed by atoms with van der Waals surface area (Å²) in [6.45, 7) is 3.87. The molecule has 0 N–H and O–H groups in total. The second kappa shape index (κ2) is 9.15. The molecule has 0 aliphatic heterocycles. The molecule has 2 saturated carbocycles. The van der Waals surface area contributed by atoms with Gasteiger partial charge in [0, 0.05) is 5.56 Å². The first-order valence-corrected chi connectivity index (χ1v) is 11.2. The topological polar surface area (TPSA) is 9.23 Å². The van der Waals surface area contributed by atoms with E-state index in [2.05, 4.69) is 18.7 Å². The number of hydrogen-bond acceptors (Lipinski definition) is 1. The van der Waals surface area contributed by atoms with Gasteiger partial charge in [-0.2, -0.15) is 0 Å². The van der Waals surface area contributed by atoms with Gasteiger partial charge in [0.05, 0.1) is 7.11 Å². The minimum absolute atomic E-state index is 0.108. The molecule has 29 heavy (non-hydrogen) atoms. The van der Waals surface area contributed by atoms with Crippen molar-refractivity contribution in [1.82, 2.24) is 0 Å². The number of fused-ring (bicyclic) bond motifs is 1. The highest BCUT2D eigenvalue weighted by Crippen LogP contribution is 2.48. The summed E-state index contributed by atoms with van der Waals surface area (Å²) in [4.78, 5) is 0.